The lowest BCUT2D eigenvalue weighted by molar-refractivity contribution is -0.134. The number of hydrogen-bond donors (Lipinski definition) is 4. The number of rotatable bonds is 13. The van der Waals surface area contributed by atoms with Gasteiger partial charge < -0.3 is 39.7 Å². The number of carboxylic acids is 4. The maximum atomic E-state index is 12.1. The van der Waals surface area contributed by atoms with E-state index in [1.54, 1.807) is 6.08 Å². The summed E-state index contributed by atoms with van der Waals surface area (Å²) in [5, 5.41) is 31.2. The SMILES string of the molecule is CC(=O)/C(=C/c1ccccc1)Oc1ccccc1OCCCN1CCN(C)CC1.O=C(O)/C=C\C(=O)O.O=C(O)/C=C\C(=O)O. The van der Waals surface area contributed by atoms with Gasteiger partial charge in [-0.3, -0.25) is 4.79 Å². The number of hydrogen-bond acceptors (Lipinski definition) is 9. The molecule has 45 heavy (non-hydrogen) atoms. The second kappa shape index (κ2) is 21.4. The van der Waals surface area contributed by atoms with Crippen molar-refractivity contribution in [1.29, 1.82) is 0 Å². The van der Waals surface area contributed by atoms with E-state index >= 15 is 0 Å². The van der Waals surface area contributed by atoms with E-state index in [1.165, 1.54) is 6.92 Å². The van der Waals surface area contributed by atoms with Crippen molar-refractivity contribution in [2.45, 2.75) is 13.3 Å². The van der Waals surface area contributed by atoms with Crippen LogP contribution in [0.25, 0.3) is 6.08 Å². The maximum Gasteiger partial charge on any atom is 0.328 e. The van der Waals surface area contributed by atoms with E-state index in [2.05, 4.69) is 16.8 Å². The average molecular weight is 627 g/mol. The monoisotopic (exact) mass is 626 g/mol. The van der Waals surface area contributed by atoms with Crippen LogP contribution in [0.15, 0.2) is 84.7 Å². The van der Waals surface area contributed by atoms with Crippen molar-refractivity contribution in [3.8, 4) is 11.5 Å². The van der Waals surface area contributed by atoms with Crippen molar-refractivity contribution >= 4 is 35.7 Å². The summed E-state index contributed by atoms with van der Waals surface area (Å²) in [7, 11) is 2.17. The van der Waals surface area contributed by atoms with Crippen LogP contribution in [0.1, 0.15) is 18.9 Å². The highest BCUT2D eigenvalue weighted by Gasteiger charge is 2.14. The molecule has 0 radical (unpaired) electrons. The Balaban J connectivity index is 0.000000521. The van der Waals surface area contributed by atoms with E-state index in [1.807, 2.05) is 54.6 Å². The molecule has 0 atom stereocenters. The molecule has 0 aliphatic carbocycles. The fraction of sp³-hybridized carbons (Fsp3) is 0.281. The molecule has 2 aromatic rings. The van der Waals surface area contributed by atoms with Gasteiger partial charge in [0.15, 0.2) is 23.0 Å². The zero-order valence-corrected chi connectivity index (χ0v) is 25.1. The minimum absolute atomic E-state index is 0.126. The zero-order valence-electron chi connectivity index (χ0n) is 25.1. The number of likely N-dealkylation sites (N-methyl/N-ethyl adjacent to an activating group) is 1. The Kier molecular flexibility index (Phi) is 18.0. The van der Waals surface area contributed by atoms with E-state index in [0.717, 1.165) is 44.7 Å². The number of piperazine rings is 1. The summed E-state index contributed by atoms with van der Waals surface area (Å²) in [4.78, 5) is 55.1. The summed E-state index contributed by atoms with van der Waals surface area (Å²) in [5.74, 6) is -3.64. The van der Waals surface area contributed by atoms with Crippen LogP contribution in [-0.4, -0.2) is 106 Å². The third-order valence-corrected chi connectivity index (χ3v) is 5.72. The number of Topliss-reactive ketones (excluding diaryl/α,β-unsaturated/α-hetero) is 1. The number of benzene rings is 2. The molecule has 1 aliphatic heterocycles. The topological polar surface area (TPSA) is 191 Å². The molecule has 13 nitrogen and oxygen atoms in total. The van der Waals surface area contributed by atoms with Crippen molar-refractivity contribution in [1.82, 2.24) is 9.80 Å². The van der Waals surface area contributed by atoms with Gasteiger partial charge in [-0.05, 0) is 37.2 Å². The minimum atomic E-state index is -1.26. The van der Waals surface area contributed by atoms with Crippen LogP contribution in [-0.2, 0) is 24.0 Å². The first-order chi connectivity index (χ1) is 21.4. The molecule has 1 fully saturated rings. The molecule has 13 heteroatoms. The fourth-order valence-corrected chi connectivity index (χ4v) is 3.50. The van der Waals surface area contributed by atoms with E-state index < -0.39 is 23.9 Å². The molecule has 2 aromatic carbocycles. The summed E-state index contributed by atoms with van der Waals surface area (Å²) in [6, 6.07) is 17.2. The summed E-state index contributed by atoms with van der Waals surface area (Å²) >= 11 is 0. The largest absolute Gasteiger partial charge is 0.490 e. The van der Waals surface area contributed by atoms with Gasteiger partial charge in [0, 0.05) is 64.0 Å². The Labute approximate surface area is 260 Å². The minimum Gasteiger partial charge on any atom is -0.490 e. The highest BCUT2D eigenvalue weighted by atomic mass is 16.5. The van der Waals surface area contributed by atoms with Gasteiger partial charge in [0.05, 0.1) is 6.61 Å². The number of ketones is 1. The highest BCUT2D eigenvalue weighted by Crippen LogP contribution is 2.29. The molecule has 3 rings (SSSR count). The maximum absolute atomic E-state index is 12.1. The quantitative estimate of drug-likeness (QED) is 0.144. The first-order valence-electron chi connectivity index (χ1n) is 13.7. The number of aliphatic carboxylic acids is 4. The molecule has 0 bridgehead atoms. The van der Waals surface area contributed by atoms with Crippen LogP contribution < -0.4 is 9.47 Å². The summed E-state index contributed by atoms with van der Waals surface area (Å²) < 4.78 is 11.9. The number of allylic oxidation sites excluding steroid dienone is 1. The lowest BCUT2D eigenvalue weighted by atomic mass is 10.2. The number of carboxylic acid groups (broad SMARTS) is 4. The third-order valence-electron chi connectivity index (χ3n) is 5.72. The molecule has 1 saturated heterocycles. The number of carbonyl (C=O) groups excluding carboxylic acids is 1. The van der Waals surface area contributed by atoms with Crippen molar-refractivity contribution in [2.75, 3.05) is 46.4 Å². The van der Waals surface area contributed by atoms with Crippen LogP contribution in [0.2, 0.25) is 0 Å². The third kappa shape index (κ3) is 18.8. The second-order valence-corrected chi connectivity index (χ2v) is 9.39. The Morgan fingerprint density at radius 1 is 0.711 bits per heavy atom. The van der Waals surface area contributed by atoms with Crippen molar-refractivity contribution in [3.63, 3.8) is 0 Å². The predicted octanol–water partition coefficient (Wildman–Crippen LogP) is 3.14. The van der Waals surface area contributed by atoms with Crippen molar-refractivity contribution in [2.24, 2.45) is 0 Å². The molecular formula is C32H38N2O11. The van der Waals surface area contributed by atoms with Crippen LogP contribution in [0, 0.1) is 0 Å². The second-order valence-electron chi connectivity index (χ2n) is 9.39. The van der Waals surface area contributed by atoms with Crippen molar-refractivity contribution < 1.29 is 53.9 Å². The lowest BCUT2D eigenvalue weighted by Gasteiger charge is -2.32. The van der Waals surface area contributed by atoms with Gasteiger partial charge in [0.2, 0.25) is 0 Å². The average Bonchev–Trinajstić information content (AvgIpc) is 2.99. The summed E-state index contributed by atoms with van der Waals surface area (Å²) in [6.07, 6.45) is 4.94. The number of ether oxygens (including phenoxy) is 2. The molecule has 0 spiro atoms. The van der Waals surface area contributed by atoms with E-state index in [0.29, 0.717) is 48.2 Å². The first kappa shape index (κ1) is 37.8. The standard InChI is InChI=1S/C24H30N2O3.2C4H4O4/c1-20(27)24(19-21-9-4-3-5-10-21)29-23-12-7-6-11-22(23)28-18-8-13-26-16-14-25(2)15-17-26;2*5-3(6)1-2-4(7)8/h3-7,9-12,19H,8,13-18H2,1-2H3;2*1-2H,(H,5,6)(H,7,8)/b24-19-;2*2-1-. The summed E-state index contributed by atoms with van der Waals surface area (Å²) in [5.41, 5.74) is 0.920. The molecule has 242 valence electrons. The normalized spacial score (nSPS) is 13.6. The van der Waals surface area contributed by atoms with Crippen molar-refractivity contribution in [3.05, 3.63) is 90.2 Å². The van der Waals surface area contributed by atoms with E-state index in [4.69, 9.17) is 29.9 Å². The van der Waals surface area contributed by atoms with Crippen LogP contribution in [0.4, 0.5) is 0 Å². The molecule has 0 unspecified atom stereocenters. The number of nitrogens with zero attached hydrogens (tertiary/aromatic N) is 2. The molecule has 1 heterocycles. The van der Waals surface area contributed by atoms with Gasteiger partial charge in [0.1, 0.15) is 0 Å². The predicted molar refractivity (Wildman–Crippen MR) is 165 cm³/mol. The van der Waals surface area contributed by atoms with Crippen LogP contribution in [0.3, 0.4) is 0 Å². The first-order valence-corrected chi connectivity index (χ1v) is 13.7. The Hall–Kier alpha value is -5.27. The van der Waals surface area contributed by atoms with Crippen LogP contribution in [0.5, 0.6) is 11.5 Å². The molecule has 0 amide bonds. The summed E-state index contributed by atoms with van der Waals surface area (Å²) in [6.45, 7) is 7.63. The molecular weight excluding hydrogens is 588 g/mol. The number of carbonyl (C=O) groups is 5. The molecule has 0 aromatic heterocycles. The van der Waals surface area contributed by atoms with Gasteiger partial charge in [-0.1, -0.05) is 42.5 Å². The Morgan fingerprint density at radius 3 is 1.64 bits per heavy atom. The van der Waals surface area contributed by atoms with E-state index in [9.17, 15) is 24.0 Å². The Morgan fingerprint density at radius 2 is 1.18 bits per heavy atom. The van der Waals surface area contributed by atoms with Gasteiger partial charge in [-0.15, -0.1) is 0 Å². The van der Waals surface area contributed by atoms with Gasteiger partial charge in [-0.25, -0.2) is 19.2 Å². The zero-order chi connectivity index (χ0) is 33.6. The van der Waals surface area contributed by atoms with Crippen LogP contribution >= 0.6 is 0 Å². The van der Waals surface area contributed by atoms with Gasteiger partial charge >= 0.3 is 23.9 Å². The molecule has 1 aliphatic rings. The fourth-order valence-electron chi connectivity index (χ4n) is 3.50. The smallest absolute Gasteiger partial charge is 0.328 e. The molecule has 0 saturated carbocycles. The highest BCUT2D eigenvalue weighted by molar-refractivity contribution is 5.96. The number of para-hydroxylation sites is 2. The molecule has 4 N–H and O–H groups in total. The Bertz CT molecular complexity index is 1280. The van der Waals surface area contributed by atoms with Gasteiger partial charge in [0.25, 0.3) is 0 Å². The van der Waals surface area contributed by atoms with E-state index in [-0.39, 0.29) is 5.78 Å². The van der Waals surface area contributed by atoms with Gasteiger partial charge in [-0.2, -0.15) is 0 Å². The lowest BCUT2D eigenvalue weighted by Crippen LogP contribution is -2.44.